The first kappa shape index (κ1) is 20.3. The van der Waals surface area contributed by atoms with Crippen LogP contribution in [0.1, 0.15) is 24.2 Å². The Morgan fingerprint density at radius 2 is 2.08 bits per heavy atom. The summed E-state index contributed by atoms with van der Waals surface area (Å²) in [5.74, 6) is -0.868. The summed E-state index contributed by atoms with van der Waals surface area (Å²) in [4.78, 5) is 40.8. The number of ether oxygens (including phenoxy) is 2. The van der Waals surface area contributed by atoms with Gasteiger partial charge in [0, 0.05) is 30.7 Å². The van der Waals surface area contributed by atoms with Crippen molar-refractivity contribution in [3.8, 4) is 0 Å². The second kappa shape index (κ2) is 9.05. The normalized spacial score (nSPS) is 16.9. The van der Waals surface area contributed by atoms with Crippen LogP contribution in [0.5, 0.6) is 0 Å². The first-order valence-electron chi connectivity index (χ1n) is 8.40. The molecule has 0 aliphatic carbocycles. The fraction of sp³-hybridized carbons (Fsp3) is 0.500. The standard InChI is InChI=1S/C18H24N2O5S/c1-5-24-18(23)13-6-7-16-14(10-13)20(9-8-19(3)4)17(22)15(11-26-16)25-12(2)21/h6-7,10,15H,5,8-9,11H2,1-4H3/t15-/m1/s1. The van der Waals surface area contributed by atoms with Crippen molar-refractivity contribution in [2.24, 2.45) is 0 Å². The molecule has 142 valence electrons. The highest BCUT2D eigenvalue weighted by molar-refractivity contribution is 7.99. The summed E-state index contributed by atoms with van der Waals surface area (Å²) >= 11 is 1.43. The van der Waals surface area contributed by atoms with E-state index in [-0.39, 0.29) is 12.5 Å². The van der Waals surface area contributed by atoms with Crippen LogP contribution in [0.2, 0.25) is 0 Å². The Bertz CT molecular complexity index is 692. The van der Waals surface area contributed by atoms with Crippen LogP contribution < -0.4 is 4.90 Å². The van der Waals surface area contributed by atoms with Crippen molar-refractivity contribution in [1.82, 2.24) is 4.90 Å². The summed E-state index contributed by atoms with van der Waals surface area (Å²) < 4.78 is 10.3. The van der Waals surface area contributed by atoms with Crippen LogP contribution in [0.25, 0.3) is 0 Å². The minimum Gasteiger partial charge on any atom is -0.462 e. The van der Waals surface area contributed by atoms with E-state index in [4.69, 9.17) is 9.47 Å². The van der Waals surface area contributed by atoms with Crippen molar-refractivity contribution in [3.63, 3.8) is 0 Å². The lowest BCUT2D eigenvalue weighted by atomic mass is 10.1. The minimum atomic E-state index is -0.849. The number of anilines is 1. The van der Waals surface area contributed by atoms with Crippen LogP contribution in [0.3, 0.4) is 0 Å². The highest BCUT2D eigenvalue weighted by atomic mass is 32.2. The number of carbonyl (C=O) groups is 3. The Balaban J connectivity index is 2.40. The van der Waals surface area contributed by atoms with Crippen LogP contribution >= 0.6 is 11.8 Å². The molecule has 2 rings (SSSR count). The lowest BCUT2D eigenvalue weighted by molar-refractivity contribution is -0.151. The molecular weight excluding hydrogens is 356 g/mol. The summed E-state index contributed by atoms with van der Waals surface area (Å²) in [6, 6.07) is 5.16. The lowest BCUT2D eigenvalue weighted by Gasteiger charge is -2.26. The monoisotopic (exact) mass is 380 g/mol. The van der Waals surface area contributed by atoms with Gasteiger partial charge in [-0.3, -0.25) is 9.59 Å². The second-order valence-electron chi connectivity index (χ2n) is 6.11. The van der Waals surface area contributed by atoms with Crippen LogP contribution in [0.4, 0.5) is 5.69 Å². The first-order valence-corrected chi connectivity index (χ1v) is 9.39. The number of benzene rings is 1. The molecule has 1 aromatic rings. The number of amides is 1. The molecule has 1 aromatic carbocycles. The third-order valence-electron chi connectivity index (χ3n) is 3.77. The van der Waals surface area contributed by atoms with Crippen LogP contribution in [0, 0.1) is 0 Å². The Labute approximate surface area is 157 Å². The molecule has 0 aromatic heterocycles. The molecule has 0 saturated carbocycles. The molecule has 0 unspecified atom stereocenters. The van der Waals surface area contributed by atoms with Gasteiger partial charge in [-0.1, -0.05) is 0 Å². The number of esters is 2. The average Bonchev–Trinajstić information content (AvgIpc) is 2.70. The maximum atomic E-state index is 13.0. The molecule has 1 atom stereocenters. The van der Waals surface area contributed by atoms with Gasteiger partial charge in [0.2, 0.25) is 0 Å². The van der Waals surface area contributed by atoms with Crippen LogP contribution in [-0.4, -0.2) is 68.4 Å². The SMILES string of the molecule is CCOC(=O)c1ccc2c(c1)N(CCN(C)C)C(=O)[C@H](OC(C)=O)CS2. The second-order valence-corrected chi connectivity index (χ2v) is 7.17. The van der Waals surface area contributed by atoms with E-state index in [1.54, 1.807) is 30.0 Å². The summed E-state index contributed by atoms with van der Waals surface area (Å²) in [5, 5.41) is 0. The molecule has 0 bridgehead atoms. The number of carbonyl (C=O) groups excluding carboxylic acids is 3. The molecule has 0 N–H and O–H groups in total. The summed E-state index contributed by atoms with van der Waals surface area (Å²) in [6.07, 6.45) is -0.849. The van der Waals surface area contributed by atoms with Crippen LogP contribution in [-0.2, 0) is 19.1 Å². The molecule has 0 spiro atoms. The Hall–Kier alpha value is -2.06. The Kier molecular flexibility index (Phi) is 7.05. The Morgan fingerprint density at radius 1 is 1.35 bits per heavy atom. The molecule has 1 aliphatic rings. The van der Waals surface area contributed by atoms with Gasteiger partial charge in [-0.25, -0.2) is 4.79 Å². The van der Waals surface area contributed by atoms with Gasteiger partial charge >= 0.3 is 11.9 Å². The molecule has 8 heteroatoms. The predicted molar refractivity (Wildman–Crippen MR) is 99.6 cm³/mol. The maximum Gasteiger partial charge on any atom is 0.338 e. The molecule has 1 heterocycles. The van der Waals surface area contributed by atoms with Gasteiger partial charge in [0.1, 0.15) is 0 Å². The number of hydrogen-bond donors (Lipinski definition) is 0. The molecule has 1 aliphatic heterocycles. The van der Waals surface area contributed by atoms with Gasteiger partial charge in [0.15, 0.2) is 6.10 Å². The summed E-state index contributed by atoms with van der Waals surface area (Å²) in [6.45, 7) is 4.37. The zero-order chi connectivity index (χ0) is 19.3. The van der Waals surface area contributed by atoms with Gasteiger partial charge in [-0.05, 0) is 39.2 Å². The summed E-state index contributed by atoms with van der Waals surface area (Å²) in [7, 11) is 3.83. The molecule has 1 amide bonds. The van der Waals surface area contributed by atoms with E-state index in [2.05, 4.69) is 0 Å². The number of rotatable bonds is 6. The van der Waals surface area contributed by atoms with Crippen molar-refractivity contribution in [2.45, 2.75) is 24.8 Å². The first-order chi connectivity index (χ1) is 12.3. The smallest absolute Gasteiger partial charge is 0.338 e. The zero-order valence-electron chi connectivity index (χ0n) is 15.5. The van der Waals surface area contributed by atoms with Gasteiger partial charge in [0.25, 0.3) is 5.91 Å². The average molecular weight is 380 g/mol. The minimum absolute atomic E-state index is 0.280. The van der Waals surface area contributed by atoms with Gasteiger partial charge < -0.3 is 19.3 Å². The van der Waals surface area contributed by atoms with E-state index < -0.39 is 18.0 Å². The molecule has 0 fully saturated rings. The van der Waals surface area contributed by atoms with E-state index in [0.717, 1.165) is 4.90 Å². The van der Waals surface area contributed by atoms with E-state index in [1.807, 2.05) is 19.0 Å². The van der Waals surface area contributed by atoms with E-state index in [0.29, 0.717) is 30.1 Å². The number of nitrogens with zero attached hydrogens (tertiary/aromatic N) is 2. The van der Waals surface area contributed by atoms with Crippen molar-refractivity contribution >= 4 is 35.3 Å². The molecule has 0 saturated heterocycles. The van der Waals surface area contributed by atoms with E-state index >= 15 is 0 Å². The maximum absolute atomic E-state index is 13.0. The molecule has 7 nitrogen and oxygen atoms in total. The summed E-state index contributed by atoms with van der Waals surface area (Å²) in [5.41, 5.74) is 1.03. The van der Waals surface area contributed by atoms with E-state index in [9.17, 15) is 14.4 Å². The molecular formula is C18H24N2O5S. The quantitative estimate of drug-likeness (QED) is 0.697. The highest BCUT2D eigenvalue weighted by Crippen LogP contribution is 2.36. The fourth-order valence-corrected chi connectivity index (χ4v) is 3.56. The van der Waals surface area contributed by atoms with Gasteiger partial charge in [0.05, 0.1) is 17.9 Å². The van der Waals surface area contributed by atoms with Crippen molar-refractivity contribution in [2.75, 3.05) is 44.4 Å². The highest BCUT2D eigenvalue weighted by Gasteiger charge is 2.33. The van der Waals surface area contributed by atoms with Crippen molar-refractivity contribution < 1.29 is 23.9 Å². The third kappa shape index (κ3) is 4.98. The number of likely N-dealkylation sites (N-methyl/N-ethyl adjacent to an activating group) is 1. The van der Waals surface area contributed by atoms with Crippen LogP contribution in [0.15, 0.2) is 23.1 Å². The van der Waals surface area contributed by atoms with Gasteiger partial charge in [-0.15, -0.1) is 11.8 Å². The fourth-order valence-electron chi connectivity index (χ4n) is 2.54. The van der Waals surface area contributed by atoms with Gasteiger partial charge in [-0.2, -0.15) is 0 Å². The third-order valence-corrected chi connectivity index (χ3v) is 4.90. The topological polar surface area (TPSA) is 76.2 Å². The zero-order valence-corrected chi connectivity index (χ0v) is 16.3. The number of thioether (sulfide) groups is 1. The number of fused-ring (bicyclic) bond motifs is 1. The van der Waals surface area contributed by atoms with Crippen molar-refractivity contribution in [1.29, 1.82) is 0 Å². The molecule has 26 heavy (non-hydrogen) atoms. The number of hydrogen-bond acceptors (Lipinski definition) is 7. The van der Waals surface area contributed by atoms with Crippen molar-refractivity contribution in [3.05, 3.63) is 23.8 Å². The lowest BCUT2D eigenvalue weighted by Crippen LogP contribution is -2.44. The molecule has 0 radical (unpaired) electrons. The Morgan fingerprint density at radius 3 is 2.69 bits per heavy atom. The largest absolute Gasteiger partial charge is 0.462 e. The predicted octanol–water partition coefficient (Wildman–Crippen LogP) is 1.80. The van der Waals surface area contributed by atoms with E-state index in [1.165, 1.54) is 18.7 Å².